The number of carbonyl (C=O) groups excluding carboxylic acids is 1. The van der Waals surface area contributed by atoms with Crippen molar-refractivity contribution in [1.82, 2.24) is 4.90 Å². The summed E-state index contributed by atoms with van der Waals surface area (Å²) in [7, 11) is 0. The third kappa shape index (κ3) is 3.23. The molecule has 0 aromatic heterocycles. The number of hydrogen-bond acceptors (Lipinski definition) is 2. The maximum atomic E-state index is 12.0. The number of rotatable bonds is 4. The smallest absolute Gasteiger partial charge is 0.321 e. The topological polar surface area (TPSA) is 52.6 Å². The van der Waals surface area contributed by atoms with Crippen molar-refractivity contribution in [3.8, 4) is 0 Å². The SMILES string of the molecule is CCN(CCO)C(=O)Nc1ccc2ccccc2c1. The van der Waals surface area contributed by atoms with Crippen molar-refractivity contribution >= 4 is 22.5 Å². The molecule has 0 spiro atoms. The Morgan fingerprint density at radius 2 is 1.95 bits per heavy atom. The van der Waals surface area contributed by atoms with E-state index in [2.05, 4.69) is 5.32 Å². The average Bonchev–Trinajstić information content (AvgIpc) is 2.44. The lowest BCUT2D eigenvalue weighted by molar-refractivity contribution is 0.192. The molecule has 100 valence electrons. The molecule has 2 rings (SSSR count). The lowest BCUT2D eigenvalue weighted by Crippen LogP contribution is -2.36. The Bertz CT molecular complexity index is 569. The molecule has 0 aliphatic carbocycles. The predicted octanol–water partition coefficient (Wildman–Crippen LogP) is 2.69. The second-order valence-corrected chi connectivity index (χ2v) is 4.30. The Labute approximate surface area is 112 Å². The van der Waals surface area contributed by atoms with E-state index in [9.17, 15) is 4.79 Å². The molecule has 0 fully saturated rings. The minimum absolute atomic E-state index is 0.0288. The average molecular weight is 258 g/mol. The van der Waals surface area contributed by atoms with Crippen molar-refractivity contribution in [2.75, 3.05) is 25.0 Å². The maximum absolute atomic E-state index is 12.0. The summed E-state index contributed by atoms with van der Waals surface area (Å²) in [6, 6.07) is 13.6. The summed E-state index contributed by atoms with van der Waals surface area (Å²) in [6.45, 7) is 2.77. The summed E-state index contributed by atoms with van der Waals surface area (Å²) in [4.78, 5) is 13.5. The zero-order valence-corrected chi connectivity index (χ0v) is 11.0. The lowest BCUT2D eigenvalue weighted by Gasteiger charge is -2.20. The van der Waals surface area contributed by atoms with Gasteiger partial charge in [0.05, 0.1) is 6.61 Å². The second kappa shape index (κ2) is 6.20. The van der Waals surface area contributed by atoms with E-state index in [1.165, 1.54) is 0 Å². The van der Waals surface area contributed by atoms with E-state index in [1.54, 1.807) is 4.90 Å². The number of carbonyl (C=O) groups is 1. The highest BCUT2D eigenvalue weighted by Crippen LogP contribution is 2.19. The van der Waals surface area contributed by atoms with Gasteiger partial charge >= 0.3 is 6.03 Å². The summed E-state index contributed by atoms with van der Waals surface area (Å²) >= 11 is 0. The summed E-state index contributed by atoms with van der Waals surface area (Å²) in [5.41, 5.74) is 0.764. The van der Waals surface area contributed by atoms with Crippen LogP contribution < -0.4 is 5.32 Å². The summed E-state index contributed by atoms with van der Waals surface area (Å²) in [5.74, 6) is 0. The monoisotopic (exact) mass is 258 g/mol. The molecule has 0 radical (unpaired) electrons. The van der Waals surface area contributed by atoms with Gasteiger partial charge in [0.2, 0.25) is 0 Å². The van der Waals surface area contributed by atoms with E-state index >= 15 is 0 Å². The van der Waals surface area contributed by atoms with Gasteiger partial charge in [-0.3, -0.25) is 0 Å². The summed E-state index contributed by atoms with van der Waals surface area (Å²) in [6.07, 6.45) is 0. The van der Waals surface area contributed by atoms with Crippen molar-refractivity contribution in [3.05, 3.63) is 42.5 Å². The predicted molar refractivity (Wildman–Crippen MR) is 77.3 cm³/mol. The molecule has 0 aliphatic heterocycles. The van der Waals surface area contributed by atoms with Gasteiger partial charge in [-0.05, 0) is 29.8 Å². The van der Waals surface area contributed by atoms with Crippen LogP contribution in [-0.2, 0) is 0 Å². The van der Waals surface area contributed by atoms with Gasteiger partial charge in [-0.1, -0.05) is 30.3 Å². The Kier molecular flexibility index (Phi) is 4.36. The first-order chi connectivity index (χ1) is 9.24. The van der Waals surface area contributed by atoms with Gasteiger partial charge in [-0.25, -0.2) is 4.79 Å². The van der Waals surface area contributed by atoms with Crippen LogP contribution in [0, 0.1) is 0 Å². The molecular formula is C15H18N2O2. The summed E-state index contributed by atoms with van der Waals surface area (Å²) < 4.78 is 0. The number of hydrogen-bond donors (Lipinski definition) is 2. The third-order valence-electron chi connectivity index (χ3n) is 3.04. The van der Waals surface area contributed by atoms with Crippen LogP contribution in [-0.4, -0.2) is 35.7 Å². The van der Waals surface area contributed by atoms with Crippen molar-refractivity contribution < 1.29 is 9.90 Å². The minimum atomic E-state index is -0.188. The van der Waals surface area contributed by atoms with Crippen LogP contribution in [0.2, 0.25) is 0 Å². The first-order valence-electron chi connectivity index (χ1n) is 6.40. The van der Waals surface area contributed by atoms with E-state index in [-0.39, 0.29) is 12.6 Å². The molecule has 0 saturated heterocycles. The molecule has 0 atom stereocenters. The molecule has 19 heavy (non-hydrogen) atoms. The Morgan fingerprint density at radius 1 is 1.21 bits per heavy atom. The highest BCUT2D eigenvalue weighted by atomic mass is 16.3. The zero-order chi connectivity index (χ0) is 13.7. The van der Waals surface area contributed by atoms with Crippen LogP contribution in [0.3, 0.4) is 0 Å². The largest absolute Gasteiger partial charge is 0.395 e. The van der Waals surface area contributed by atoms with Gasteiger partial charge in [0.25, 0.3) is 0 Å². The Morgan fingerprint density at radius 3 is 2.63 bits per heavy atom. The molecule has 0 bridgehead atoms. The van der Waals surface area contributed by atoms with E-state index in [1.807, 2.05) is 49.4 Å². The molecule has 2 aromatic carbocycles. The van der Waals surface area contributed by atoms with Gasteiger partial charge in [0, 0.05) is 18.8 Å². The fourth-order valence-electron chi connectivity index (χ4n) is 1.99. The quantitative estimate of drug-likeness (QED) is 0.886. The highest BCUT2D eigenvalue weighted by molar-refractivity contribution is 5.93. The zero-order valence-electron chi connectivity index (χ0n) is 11.0. The second-order valence-electron chi connectivity index (χ2n) is 4.30. The van der Waals surface area contributed by atoms with Crippen LogP contribution in [0.4, 0.5) is 10.5 Å². The van der Waals surface area contributed by atoms with Crippen molar-refractivity contribution in [3.63, 3.8) is 0 Å². The third-order valence-corrected chi connectivity index (χ3v) is 3.04. The number of nitrogens with one attached hydrogen (secondary N) is 1. The van der Waals surface area contributed by atoms with Crippen molar-refractivity contribution in [2.24, 2.45) is 0 Å². The molecule has 2 N–H and O–H groups in total. The summed E-state index contributed by atoms with van der Waals surface area (Å²) in [5, 5.41) is 14.0. The fraction of sp³-hybridized carbons (Fsp3) is 0.267. The first-order valence-corrected chi connectivity index (χ1v) is 6.40. The van der Waals surface area contributed by atoms with Crippen LogP contribution in [0.1, 0.15) is 6.92 Å². The number of anilines is 1. The van der Waals surface area contributed by atoms with Crippen LogP contribution in [0.15, 0.2) is 42.5 Å². The van der Waals surface area contributed by atoms with Crippen molar-refractivity contribution in [2.45, 2.75) is 6.92 Å². The number of nitrogens with zero attached hydrogens (tertiary/aromatic N) is 1. The van der Waals surface area contributed by atoms with Crippen LogP contribution in [0.5, 0.6) is 0 Å². The lowest BCUT2D eigenvalue weighted by atomic mass is 10.1. The molecule has 2 amide bonds. The molecule has 0 saturated carbocycles. The van der Waals surface area contributed by atoms with Crippen LogP contribution >= 0.6 is 0 Å². The normalized spacial score (nSPS) is 10.4. The molecule has 2 aromatic rings. The number of amides is 2. The molecular weight excluding hydrogens is 240 g/mol. The van der Waals surface area contributed by atoms with Crippen LogP contribution in [0.25, 0.3) is 10.8 Å². The van der Waals surface area contributed by atoms with Gasteiger partial charge in [-0.2, -0.15) is 0 Å². The van der Waals surface area contributed by atoms with Crippen molar-refractivity contribution in [1.29, 1.82) is 0 Å². The number of likely N-dealkylation sites (N-methyl/N-ethyl adjacent to an activating group) is 1. The van der Waals surface area contributed by atoms with E-state index in [4.69, 9.17) is 5.11 Å². The Balaban J connectivity index is 2.14. The fourth-order valence-corrected chi connectivity index (χ4v) is 1.99. The molecule has 4 nitrogen and oxygen atoms in total. The molecule has 0 unspecified atom stereocenters. The first kappa shape index (κ1) is 13.4. The molecule has 4 heteroatoms. The minimum Gasteiger partial charge on any atom is -0.395 e. The van der Waals surface area contributed by atoms with Gasteiger partial charge in [-0.15, -0.1) is 0 Å². The van der Waals surface area contributed by atoms with E-state index in [0.717, 1.165) is 16.5 Å². The van der Waals surface area contributed by atoms with E-state index in [0.29, 0.717) is 13.1 Å². The van der Waals surface area contributed by atoms with Gasteiger partial charge in [0.1, 0.15) is 0 Å². The molecule has 0 heterocycles. The standard InChI is InChI=1S/C15H18N2O2/c1-2-17(9-10-18)15(19)16-14-8-7-12-5-3-4-6-13(12)11-14/h3-8,11,18H,2,9-10H2,1H3,(H,16,19). The number of fused-ring (bicyclic) bond motifs is 1. The Hall–Kier alpha value is -2.07. The number of aliphatic hydroxyl groups is 1. The molecule has 0 aliphatic rings. The van der Waals surface area contributed by atoms with E-state index < -0.39 is 0 Å². The number of benzene rings is 2. The number of urea groups is 1. The highest BCUT2D eigenvalue weighted by Gasteiger charge is 2.10. The van der Waals surface area contributed by atoms with Gasteiger partial charge in [0.15, 0.2) is 0 Å². The van der Waals surface area contributed by atoms with Gasteiger partial charge < -0.3 is 15.3 Å². The maximum Gasteiger partial charge on any atom is 0.321 e. The number of aliphatic hydroxyl groups excluding tert-OH is 1.